The van der Waals surface area contributed by atoms with Crippen LogP contribution in [0.2, 0.25) is 0 Å². The molecule has 0 bridgehead atoms. The summed E-state index contributed by atoms with van der Waals surface area (Å²) in [5.41, 5.74) is 0. The molecule has 17 heavy (non-hydrogen) atoms. The van der Waals surface area contributed by atoms with E-state index in [0.717, 1.165) is 6.42 Å². The normalized spacial score (nSPS) is 13.8. The van der Waals surface area contributed by atoms with Crippen molar-refractivity contribution in [3.63, 3.8) is 0 Å². The molecule has 1 rings (SSSR count). The first kappa shape index (κ1) is 13.7. The van der Waals surface area contributed by atoms with Gasteiger partial charge in [0, 0.05) is 24.3 Å². The van der Waals surface area contributed by atoms with Crippen LogP contribution in [0.15, 0.2) is 17.5 Å². The van der Waals surface area contributed by atoms with Crippen molar-refractivity contribution in [2.24, 2.45) is 0 Å². The number of hydrogen-bond donors (Lipinski definition) is 2. The Hall–Kier alpha value is -1.36. The van der Waals surface area contributed by atoms with E-state index in [1.165, 1.54) is 11.8 Å². The molecule has 2 atom stereocenters. The summed E-state index contributed by atoms with van der Waals surface area (Å²) in [5, 5.41) is 7.45. The molecule has 0 fully saturated rings. The average Bonchev–Trinajstić information content (AvgIpc) is 2.68. The van der Waals surface area contributed by atoms with Gasteiger partial charge in [0.05, 0.1) is 0 Å². The molecule has 0 radical (unpaired) electrons. The second kappa shape index (κ2) is 6.39. The average molecular weight is 254 g/mol. The molecule has 1 aromatic heterocycles. The van der Waals surface area contributed by atoms with Gasteiger partial charge in [-0.15, -0.1) is 11.3 Å². The predicted octanol–water partition coefficient (Wildman–Crippen LogP) is 1.32. The molecule has 0 aliphatic rings. The Morgan fingerprint density at radius 3 is 2.59 bits per heavy atom. The summed E-state index contributed by atoms with van der Waals surface area (Å²) in [6, 6.07) is 3.62. The number of thiophene rings is 1. The van der Waals surface area contributed by atoms with Crippen LogP contribution >= 0.6 is 11.3 Å². The molecule has 1 aromatic rings. The van der Waals surface area contributed by atoms with Gasteiger partial charge in [0.15, 0.2) is 0 Å². The molecular formula is C12H18N2O2S. The SMILES string of the molecule is CC(=O)N[C@H](C)C(=O)N[C@@H](C)Cc1cccs1. The summed E-state index contributed by atoms with van der Waals surface area (Å²) in [6.45, 7) is 5.03. The lowest BCUT2D eigenvalue weighted by molar-refractivity contribution is -0.128. The van der Waals surface area contributed by atoms with Crippen LogP contribution in [0.3, 0.4) is 0 Å². The highest BCUT2D eigenvalue weighted by Crippen LogP contribution is 2.10. The molecule has 1 heterocycles. The van der Waals surface area contributed by atoms with Crippen molar-refractivity contribution >= 4 is 23.2 Å². The molecular weight excluding hydrogens is 236 g/mol. The summed E-state index contributed by atoms with van der Waals surface area (Å²) < 4.78 is 0. The molecule has 2 N–H and O–H groups in total. The van der Waals surface area contributed by atoms with E-state index in [4.69, 9.17) is 0 Å². The zero-order valence-electron chi connectivity index (χ0n) is 10.3. The van der Waals surface area contributed by atoms with E-state index in [2.05, 4.69) is 10.6 Å². The van der Waals surface area contributed by atoms with Crippen molar-refractivity contribution < 1.29 is 9.59 Å². The Kier molecular flexibility index (Phi) is 5.15. The van der Waals surface area contributed by atoms with E-state index in [1.54, 1.807) is 18.3 Å². The van der Waals surface area contributed by atoms with Crippen molar-refractivity contribution in [1.82, 2.24) is 10.6 Å². The standard InChI is InChI=1S/C12H18N2O2S/c1-8(7-11-5-4-6-17-11)13-12(16)9(2)14-10(3)15/h4-6,8-9H,7H2,1-3H3,(H,13,16)(H,14,15)/t8-,9+/m0/s1. The van der Waals surface area contributed by atoms with Gasteiger partial charge in [0.2, 0.25) is 11.8 Å². The van der Waals surface area contributed by atoms with Gasteiger partial charge in [-0.1, -0.05) is 6.07 Å². The fourth-order valence-electron chi connectivity index (χ4n) is 1.52. The van der Waals surface area contributed by atoms with Gasteiger partial charge in [-0.25, -0.2) is 0 Å². The van der Waals surface area contributed by atoms with Gasteiger partial charge in [-0.05, 0) is 25.3 Å². The van der Waals surface area contributed by atoms with Gasteiger partial charge in [-0.3, -0.25) is 9.59 Å². The smallest absolute Gasteiger partial charge is 0.242 e. The van der Waals surface area contributed by atoms with Gasteiger partial charge >= 0.3 is 0 Å². The zero-order chi connectivity index (χ0) is 12.8. The Bertz CT molecular complexity index is 376. The van der Waals surface area contributed by atoms with E-state index in [0.29, 0.717) is 0 Å². The highest BCUT2D eigenvalue weighted by atomic mass is 32.1. The Morgan fingerprint density at radius 2 is 2.06 bits per heavy atom. The predicted molar refractivity (Wildman–Crippen MR) is 68.9 cm³/mol. The Morgan fingerprint density at radius 1 is 1.35 bits per heavy atom. The van der Waals surface area contributed by atoms with Crippen molar-refractivity contribution in [2.75, 3.05) is 0 Å². The molecule has 0 spiro atoms. The summed E-state index contributed by atoms with van der Waals surface area (Å²) in [5.74, 6) is -0.345. The fraction of sp³-hybridized carbons (Fsp3) is 0.500. The quantitative estimate of drug-likeness (QED) is 0.832. The van der Waals surface area contributed by atoms with E-state index in [9.17, 15) is 9.59 Å². The highest BCUT2D eigenvalue weighted by Gasteiger charge is 2.15. The lowest BCUT2D eigenvalue weighted by atomic mass is 10.2. The summed E-state index contributed by atoms with van der Waals surface area (Å²) >= 11 is 1.68. The van der Waals surface area contributed by atoms with Crippen molar-refractivity contribution in [3.05, 3.63) is 22.4 Å². The maximum absolute atomic E-state index is 11.7. The topological polar surface area (TPSA) is 58.2 Å². The molecule has 94 valence electrons. The molecule has 0 aliphatic carbocycles. The van der Waals surface area contributed by atoms with Crippen LogP contribution in [0.25, 0.3) is 0 Å². The van der Waals surface area contributed by atoms with Crippen molar-refractivity contribution in [2.45, 2.75) is 39.3 Å². The summed E-state index contributed by atoms with van der Waals surface area (Å²) in [7, 11) is 0. The van der Waals surface area contributed by atoms with Crippen LogP contribution in [0.4, 0.5) is 0 Å². The molecule has 0 unspecified atom stereocenters. The number of amides is 2. The van der Waals surface area contributed by atoms with Crippen LogP contribution in [0, 0.1) is 0 Å². The lowest BCUT2D eigenvalue weighted by Gasteiger charge is -2.17. The third-order valence-corrected chi connectivity index (χ3v) is 3.19. The number of hydrogen-bond acceptors (Lipinski definition) is 3. The highest BCUT2D eigenvalue weighted by molar-refractivity contribution is 7.09. The zero-order valence-corrected chi connectivity index (χ0v) is 11.1. The van der Waals surface area contributed by atoms with Crippen LogP contribution in [0.1, 0.15) is 25.6 Å². The fourth-order valence-corrected chi connectivity index (χ4v) is 2.36. The summed E-state index contributed by atoms with van der Waals surface area (Å²) in [6.07, 6.45) is 0.816. The second-order valence-corrected chi connectivity index (χ2v) is 5.15. The minimum absolute atomic E-state index is 0.0670. The maximum atomic E-state index is 11.7. The third kappa shape index (κ3) is 4.99. The maximum Gasteiger partial charge on any atom is 0.242 e. The van der Waals surface area contributed by atoms with Gasteiger partial charge in [0.25, 0.3) is 0 Å². The Labute approximate surface area is 105 Å². The van der Waals surface area contributed by atoms with Crippen molar-refractivity contribution in [3.8, 4) is 0 Å². The molecule has 2 amide bonds. The van der Waals surface area contributed by atoms with Crippen LogP contribution in [-0.2, 0) is 16.0 Å². The molecule has 5 heteroatoms. The van der Waals surface area contributed by atoms with E-state index < -0.39 is 6.04 Å². The molecule has 0 saturated carbocycles. The second-order valence-electron chi connectivity index (χ2n) is 4.12. The number of nitrogens with one attached hydrogen (secondary N) is 2. The van der Waals surface area contributed by atoms with Gasteiger partial charge < -0.3 is 10.6 Å². The molecule has 0 aromatic carbocycles. The molecule has 4 nitrogen and oxygen atoms in total. The molecule has 0 aliphatic heterocycles. The third-order valence-electron chi connectivity index (χ3n) is 2.29. The van der Waals surface area contributed by atoms with E-state index in [1.807, 2.05) is 24.4 Å². The number of carbonyl (C=O) groups is 2. The first-order valence-corrected chi connectivity index (χ1v) is 6.47. The van der Waals surface area contributed by atoms with Gasteiger partial charge in [-0.2, -0.15) is 0 Å². The number of rotatable bonds is 5. The van der Waals surface area contributed by atoms with Gasteiger partial charge in [0.1, 0.15) is 6.04 Å². The van der Waals surface area contributed by atoms with Crippen LogP contribution in [0.5, 0.6) is 0 Å². The molecule has 0 saturated heterocycles. The minimum Gasteiger partial charge on any atom is -0.352 e. The minimum atomic E-state index is -0.488. The lowest BCUT2D eigenvalue weighted by Crippen LogP contribution is -2.47. The summed E-state index contributed by atoms with van der Waals surface area (Å²) in [4.78, 5) is 23.7. The van der Waals surface area contributed by atoms with E-state index in [-0.39, 0.29) is 17.9 Å². The monoisotopic (exact) mass is 254 g/mol. The Balaban J connectivity index is 2.37. The van der Waals surface area contributed by atoms with Crippen molar-refractivity contribution in [1.29, 1.82) is 0 Å². The first-order chi connectivity index (χ1) is 7.99. The number of carbonyl (C=O) groups excluding carboxylic acids is 2. The largest absolute Gasteiger partial charge is 0.352 e. The first-order valence-electron chi connectivity index (χ1n) is 5.59. The van der Waals surface area contributed by atoms with Crippen LogP contribution < -0.4 is 10.6 Å². The van der Waals surface area contributed by atoms with Crippen LogP contribution in [-0.4, -0.2) is 23.9 Å². The van der Waals surface area contributed by atoms with E-state index >= 15 is 0 Å².